The number of benzene rings is 1. The van der Waals surface area contributed by atoms with Gasteiger partial charge in [-0.3, -0.25) is 9.78 Å². The summed E-state index contributed by atoms with van der Waals surface area (Å²) in [6.45, 7) is 0.682. The van der Waals surface area contributed by atoms with Crippen LogP contribution in [0.3, 0.4) is 0 Å². The zero-order chi connectivity index (χ0) is 23.0. The average Bonchev–Trinajstić information content (AvgIpc) is 2.81. The predicted octanol–water partition coefficient (Wildman–Crippen LogP) is 3.81. The van der Waals surface area contributed by atoms with E-state index >= 15 is 0 Å². The number of anilines is 3. The number of hydrogen-bond acceptors (Lipinski definition) is 7. The van der Waals surface area contributed by atoms with E-state index in [-0.39, 0.29) is 5.91 Å². The summed E-state index contributed by atoms with van der Waals surface area (Å²) in [5.41, 5.74) is 3.77. The van der Waals surface area contributed by atoms with Crippen molar-refractivity contribution >= 4 is 34.1 Å². The number of carbonyl (C=O) groups excluding carboxylic acids is 1. The minimum absolute atomic E-state index is 0.237. The Hall–Kier alpha value is -4.17. The Morgan fingerprint density at radius 1 is 1.03 bits per heavy atom. The van der Waals surface area contributed by atoms with Gasteiger partial charge in [-0.1, -0.05) is 24.3 Å². The van der Waals surface area contributed by atoms with E-state index in [1.807, 2.05) is 49.3 Å². The second-order valence-corrected chi connectivity index (χ2v) is 7.78. The van der Waals surface area contributed by atoms with Gasteiger partial charge in [0.15, 0.2) is 0 Å². The molecule has 8 heteroatoms. The lowest BCUT2D eigenvalue weighted by Crippen LogP contribution is -2.13. The van der Waals surface area contributed by atoms with Crippen LogP contribution in [0.1, 0.15) is 11.3 Å². The van der Waals surface area contributed by atoms with Crippen molar-refractivity contribution in [3.8, 4) is 0 Å². The third-order valence-corrected chi connectivity index (χ3v) is 4.84. The van der Waals surface area contributed by atoms with Crippen LogP contribution >= 0.6 is 0 Å². The first kappa shape index (κ1) is 22.0. The number of carbonyl (C=O) groups is 1. The molecule has 4 aromatic rings. The average molecular weight is 440 g/mol. The lowest BCUT2D eigenvalue weighted by Gasteiger charge is -2.10. The van der Waals surface area contributed by atoms with E-state index in [4.69, 9.17) is 0 Å². The largest absolute Gasteiger partial charge is 0.340 e. The smallest absolute Gasteiger partial charge is 0.249 e. The van der Waals surface area contributed by atoms with Crippen molar-refractivity contribution in [2.24, 2.45) is 0 Å². The molecule has 0 aliphatic heterocycles. The quantitative estimate of drug-likeness (QED) is 0.403. The first-order valence-electron chi connectivity index (χ1n) is 10.6. The topological polar surface area (TPSA) is 95.9 Å². The van der Waals surface area contributed by atoms with E-state index in [1.165, 1.54) is 18.0 Å². The molecule has 0 aliphatic rings. The number of nitrogens with one attached hydrogen (secondary N) is 2. The Morgan fingerprint density at radius 2 is 1.88 bits per heavy atom. The zero-order valence-corrected chi connectivity index (χ0v) is 18.6. The molecule has 3 heterocycles. The van der Waals surface area contributed by atoms with Gasteiger partial charge < -0.3 is 15.5 Å². The predicted molar refractivity (Wildman–Crippen MR) is 130 cm³/mol. The summed E-state index contributed by atoms with van der Waals surface area (Å²) in [5.74, 6) is 0.836. The van der Waals surface area contributed by atoms with Gasteiger partial charge >= 0.3 is 0 Å². The maximum Gasteiger partial charge on any atom is 0.249 e. The van der Waals surface area contributed by atoms with E-state index in [9.17, 15) is 4.79 Å². The Bertz CT molecular complexity index is 1250. The van der Waals surface area contributed by atoms with Gasteiger partial charge in [0.05, 0.1) is 11.7 Å². The molecular weight excluding hydrogens is 414 g/mol. The molecule has 2 N–H and O–H groups in total. The molecule has 33 heavy (non-hydrogen) atoms. The monoisotopic (exact) mass is 439 g/mol. The van der Waals surface area contributed by atoms with Crippen LogP contribution in [-0.4, -0.2) is 51.4 Å². The van der Waals surface area contributed by atoms with Crippen molar-refractivity contribution in [3.63, 3.8) is 0 Å². The SMILES string of the molecule is CN(C)CC=CC(=O)Nc1cc2c(Nc3ccc(Cc4ccccn4)cc3)ncnc2cn1. The second kappa shape index (κ2) is 10.4. The fraction of sp³-hybridized carbons (Fsp3) is 0.160. The third-order valence-electron chi connectivity index (χ3n) is 4.84. The maximum atomic E-state index is 12.2. The summed E-state index contributed by atoms with van der Waals surface area (Å²) < 4.78 is 0. The summed E-state index contributed by atoms with van der Waals surface area (Å²) in [6, 6.07) is 15.8. The highest BCUT2D eigenvalue weighted by molar-refractivity contribution is 6.00. The minimum Gasteiger partial charge on any atom is -0.340 e. The Morgan fingerprint density at radius 3 is 2.64 bits per heavy atom. The van der Waals surface area contributed by atoms with E-state index in [2.05, 4.69) is 42.7 Å². The van der Waals surface area contributed by atoms with Crippen molar-refractivity contribution in [3.05, 3.63) is 90.7 Å². The fourth-order valence-corrected chi connectivity index (χ4v) is 3.22. The van der Waals surface area contributed by atoms with Gasteiger partial charge in [-0.25, -0.2) is 15.0 Å². The summed E-state index contributed by atoms with van der Waals surface area (Å²) in [6.07, 6.45) is 8.98. The molecule has 0 radical (unpaired) electrons. The maximum absolute atomic E-state index is 12.2. The van der Waals surface area contributed by atoms with Crippen LogP contribution in [0.25, 0.3) is 10.9 Å². The molecule has 1 aromatic carbocycles. The van der Waals surface area contributed by atoms with Crippen LogP contribution in [-0.2, 0) is 11.2 Å². The molecule has 3 aromatic heterocycles. The molecule has 0 saturated heterocycles. The third kappa shape index (κ3) is 6.18. The Labute approximate surface area is 192 Å². The van der Waals surface area contributed by atoms with Gasteiger partial charge in [0.25, 0.3) is 0 Å². The molecule has 166 valence electrons. The number of pyridine rings is 2. The molecule has 0 aliphatic carbocycles. The number of fused-ring (bicyclic) bond motifs is 1. The number of nitrogens with zero attached hydrogens (tertiary/aromatic N) is 5. The Balaban J connectivity index is 1.49. The van der Waals surface area contributed by atoms with Crippen molar-refractivity contribution < 1.29 is 4.79 Å². The van der Waals surface area contributed by atoms with Gasteiger partial charge in [0.2, 0.25) is 5.91 Å². The number of hydrogen-bond donors (Lipinski definition) is 2. The number of amides is 1. The highest BCUT2D eigenvalue weighted by Crippen LogP contribution is 2.25. The number of aromatic nitrogens is 4. The van der Waals surface area contributed by atoms with Gasteiger partial charge in [0, 0.05) is 42.0 Å². The molecule has 0 bridgehead atoms. The standard InChI is InChI=1S/C25H25N7O/c1-32(2)13-5-7-24(33)31-23-15-21-22(16-27-23)28-17-29-25(21)30-19-10-8-18(9-11-19)14-20-6-3-4-12-26-20/h3-12,15-17H,13-14H2,1-2H3,(H,27,31,33)(H,28,29,30). The van der Waals surface area contributed by atoms with Gasteiger partial charge in [-0.2, -0.15) is 0 Å². The normalized spacial score (nSPS) is 11.2. The fourth-order valence-electron chi connectivity index (χ4n) is 3.22. The van der Waals surface area contributed by atoms with Gasteiger partial charge in [0.1, 0.15) is 18.0 Å². The van der Waals surface area contributed by atoms with Crippen LogP contribution in [0.15, 0.2) is 79.4 Å². The molecule has 4 rings (SSSR count). The lowest BCUT2D eigenvalue weighted by molar-refractivity contribution is -0.111. The van der Waals surface area contributed by atoms with Crippen molar-refractivity contribution in [2.75, 3.05) is 31.3 Å². The van der Waals surface area contributed by atoms with Gasteiger partial charge in [-0.15, -0.1) is 0 Å². The van der Waals surface area contributed by atoms with E-state index in [0.29, 0.717) is 23.7 Å². The summed E-state index contributed by atoms with van der Waals surface area (Å²) in [7, 11) is 3.88. The van der Waals surface area contributed by atoms with E-state index in [1.54, 1.807) is 24.5 Å². The van der Waals surface area contributed by atoms with Crippen LogP contribution < -0.4 is 10.6 Å². The summed E-state index contributed by atoms with van der Waals surface area (Å²) in [5, 5.41) is 6.89. The van der Waals surface area contributed by atoms with Crippen molar-refractivity contribution in [2.45, 2.75) is 6.42 Å². The van der Waals surface area contributed by atoms with Crippen LogP contribution in [0.2, 0.25) is 0 Å². The minimum atomic E-state index is -0.237. The first-order valence-corrected chi connectivity index (χ1v) is 10.6. The highest BCUT2D eigenvalue weighted by Gasteiger charge is 2.08. The van der Waals surface area contributed by atoms with E-state index < -0.39 is 0 Å². The number of rotatable bonds is 8. The zero-order valence-electron chi connectivity index (χ0n) is 18.6. The first-order chi connectivity index (χ1) is 16.1. The molecule has 0 saturated carbocycles. The van der Waals surface area contributed by atoms with Gasteiger partial charge in [-0.05, 0) is 50.0 Å². The molecular formula is C25H25N7O. The van der Waals surface area contributed by atoms with E-state index in [0.717, 1.165) is 23.2 Å². The van der Waals surface area contributed by atoms with Crippen LogP contribution in [0.5, 0.6) is 0 Å². The van der Waals surface area contributed by atoms with Crippen molar-refractivity contribution in [1.82, 2.24) is 24.8 Å². The summed E-state index contributed by atoms with van der Waals surface area (Å²) >= 11 is 0. The second-order valence-electron chi connectivity index (χ2n) is 7.78. The van der Waals surface area contributed by atoms with Crippen molar-refractivity contribution in [1.29, 1.82) is 0 Å². The number of likely N-dealkylation sites (N-methyl/N-ethyl adjacent to an activating group) is 1. The molecule has 1 amide bonds. The summed E-state index contributed by atoms with van der Waals surface area (Å²) in [4.78, 5) is 31.5. The molecule has 0 unspecified atom stereocenters. The molecule has 0 atom stereocenters. The highest BCUT2D eigenvalue weighted by atomic mass is 16.1. The molecule has 0 fully saturated rings. The van der Waals surface area contributed by atoms with Crippen LogP contribution in [0.4, 0.5) is 17.3 Å². The molecule has 0 spiro atoms. The molecule has 8 nitrogen and oxygen atoms in total. The van der Waals surface area contributed by atoms with Crippen LogP contribution in [0, 0.1) is 0 Å². The lowest BCUT2D eigenvalue weighted by atomic mass is 10.1. The Kier molecular flexibility index (Phi) is 6.96.